The highest BCUT2D eigenvalue weighted by Gasteiger charge is 2.22. The zero-order chi connectivity index (χ0) is 7.84. The lowest BCUT2D eigenvalue weighted by atomic mass is 10.3. The molecule has 0 radical (unpaired) electrons. The molecule has 1 aromatic heterocycles. The summed E-state index contributed by atoms with van der Waals surface area (Å²) in [5.41, 5.74) is 1.59. The number of ketones is 1. The molecule has 0 atom stereocenters. The summed E-state index contributed by atoms with van der Waals surface area (Å²) in [7, 11) is 0. The highest BCUT2D eigenvalue weighted by Crippen LogP contribution is 2.22. The summed E-state index contributed by atoms with van der Waals surface area (Å²) in [4.78, 5) is 18.7. The smallest absolute Gasteiger partial charge is 0.143 e. The summed E-state index contributed by atoms with van der Waals surface area (Å²) >= 11 is 5.73. The second kappa shape index (κ2) is 2.27. The second-order valence-corrected chi connectivity index (χ2v) is 2.84. The van der Waals surface area contributed by atoms with Gasteiger partial charge < -0.3 is 0 Å². The molecule has 4 heteroatoms. The average Bonchev–Trinajstić information content (AvgIpc) is 2.31. The molecule has 0 N–H and O–H groups in total. The maximum Gasteiger partial charge on any atom is 0.143 e. The quantitative estimate of drug-likeness (QED) is 0.538. The third kappa shape index (κ3) is 1.01. The monoisotopic (exact) mass is 168 g/mol. The number of hydrogen-bond acceptors (Lipinski definition) is 3. The SMILES string of the molecule is O=C1Cc2ncnc(Cl)c2C1. The maximum atomic E-state index is 10.9. The van der Waals surface area contributed by atoms with Gasteiger partial charge in [0.05, 0.1) is 5.69 Å². The van der Waals surface area contributed by atoms with Crippen molar-refractivity contribution in [1.29, 1.82) is 0 Å². The summed E-state index contributed by atoms with van der Waals surface area (Å²) in [6.07, 6.45) is 2.20. The minimum atomic E-state index is 0.169. The standard InChI is InChI=1S/C7H5ClN2O/c8-7-5-1-4(11)2-6(5)9-3-10-7/h3H,1-2H2. The lowest BCUT2D eigenvalue weighted by Crippen LogP contribution is -1.93. The molecule has 11 heavy (non-hydrogen) atoms. The predicted molar refractivity (Wildman–Crippen MR) is 39.5 cm³/mol. The van der Waals surface area contributed by atoms with Crippen LogP contribution < -0.4 is 0 Å². The van der Waals surface area contributed by atoms with Crippen molar-refractivity contribution in [3.63, 3.8) is 0 Å². The molecular formula is C7H5ClN2O. The van der Waals surface area contributed by atoms with Crippen LogP contribution in [0.5, 0.6) is 0 Å². The van der Waals surface area contributed by atoms with Gasteiger partial charge in [-0.25, -0.2) is 9.97 Å². The highest BCUT2D eigenvalue weighted by molar-refractivity contribution is 6.30. The second-order valence-electron chi connectivity index (χ2n) is 2.48. The molecule has 0 unspecified atom stereocenters. The Kier molecular flexibility index (Phi) is 1.39. The van der Waals surface area contributed by atoms with Crippen LogP contribution >= 0.6 is 11.6 Å². The largest absolute Gasteiger partial charge is 0.299 e. The molecule has 0 bridgehead atoms. The van der Waals surface area contributed by atoms with E-state index in [4.69, 9.17) is 11.6 Å². The number of fused-ring (bicyclic) bond motifs is 1. The maximum absolute atomic E-state index is 10.9. The van der Waals surface area contributed by atoms with Crippen LogP contribution in [0.2, 0.25) is 5.15 Å². The van der Waals surface area contributed by atoms with Crippen LogP contribution in [-0.4, -0.2) is 15.8 Å². The van der Waals surface area contributed by atoms with Crippen LogP contribution in [0, 0.1) is 0 Å². The van der Waals surface area contributed by atoms with E-state index in [2.05, 4.69) is 9.97 Å². The van der Waals surface area contributed by atoms with E-state index in [0.29, 0.717) is 18.0 Å². The normalized spacial score (nSPS) is 15.2. The molecule has 0 saturated heterocycles. The first-order valence-electron chi connectivity index (χ1n) is 3.27. The molecule has 3 nitrogen and oxygen atoms in total. The van der Waals surface area contributed by atoms with E-state index < -0.39 is 0 Å². The number of nitrogens with zero attached hydrogens (tertiary/aromatic N) is 2. The van der Waals surface area contributed by atoms with Crippen molar-refractivity contribution in [2.45, 2.75) is 12.8 Å². The van der Waals surface area contributed by atoms with Crippen LogP contribution in [0.3, 0.4) is 0 Å². The Balaban J connectivity index is 2.57. The topological polar surface area (TPSA) is 42.9 Å². The molecular weight excluding hydrogens is 164 g/mol. The number of aromatic nitrogens is 2. The Morgan fingerprint density at radius 3 is 2.91 bits per heavy atom. The van der Waals surface area contributed by atoms with Crippen LogP contribution in [0.4, 0.5) is 0 Å². The first-order chi connectivity index (χ1) is 5.27. The fourth-order valence-corrected chi connectivity index (χ4v) is 1.42. The summed E-state index contributed by atoms with van der Waals surface area (Å²) in [6, 6.07) is 0. The van der Waals surface area contributed by atoms with Crippen molar-refractivity contribution < 1.29 is 4.79 Å². The summed E-state index contributed by atoms with van der Waals surface area (Å²) < 4.78 is 0. The van der Waals surface area contributed by atoms with E-state index in [-0.39, 0.29) is 5.78 Å². The molecule has 0 saturated carbocycles. The van der Waals surface area contributed by atoms with Crippen LogP contribution in [0.1, 0.15) is 11.3 Å². The minimum Gasteiger partial charge on any atom is -0.299 e. The number of hydrogen-bond donors (Lipinski definition) is 0. The van der Waals surface area contributed by atoms with Crippen molar-refractivity contribution in [3.8, 4) is 0 Å². The van der Waals surface area contributed by atoms with Gasteiger partial charge >= 0.3 is 0 Å². The van der Waals surface area contributed by atoms with Crippen molar-refractivity contribution in [1.82, 2.24) is 9.97 Å². The van der Waals surface area contributed by atoms with Crippen molar-refractivity contribution in [2.24, 2.45) is 0 Å². The third-order valence-corrected chi connectivity index (χ3v) is 2.05. The highest BCUT2D eigenvalue weighted by atomic mass is 35.5. The predicted octanol–water partition coefficient (Wildman–Crippen LogP) is 0.798. The fraction of sp³-hybridized carbons (Fsp3) is 0.286. The van der Waals surface area contributed by atoms with Gasteiger partial charge in [-0.2, -0.15) is 0 Å². The Bertz CT molecular complexity index is 324. The van der Waals surface area contributed by atoms with Crippen molar-refractivity contribution >= 4 is 17.4 Å². The summed E-state index contributed by atoms with van der Waals surface area (Å²) in [5.74, 6) is 0.169. The van der Waals surface area contributed by atoms with Gasteiger partial charge in [-0.3, -0.25) is 4.79 Å². The van der Waals surface area contributed by atoms with Gasteiger partial charge in [0.25, 0.3) is 0 Å². The fourth-order valence-electron chi connectivity index (χ4n) is 1.20. The number of carbonyl (C=O) groups excluding carboxylic acids is 1. The molecule has 56 valence electrons. The first kappa shape index (κ1) is 6.73. The van der Waals surface area contributed by atoms with Gasteiger partial charge in [-0.15, -0.1) is 0 Å². The number of rotatable bonds is 0. The van der Waals surface area contributed by atoms with Crippen molar-refractivity contribution in [3.05, 3.63) is 22.7 Å². The molecule has 0 fully saturated rings. The van der Waals surface area contributed by atoms with Crippen LogP contribution in [0.25, 0.3) is 0 Å². The molecule has 2 rings (SSSR count). The van der Waals surface area contributed by atoms with Crippen LogP contribution in [0.15, 0.2) is 6.33 Å². The third-order valence-electron chi connectivity index (χ3n) is 1.72. The average molecular weight is 169 g/mol. The minimum absolute atomic E-state index is 0.169. The molecule has 1 heterocycles. The van der Waals surface area contributed by atoms with Gasteiger partial charge in [0.2, 0.25) is 0 Å². The number of Topliss-reactive ketones (excluding diaryl/α,β-unsaturated/α-hetero) is 1. The Morgan fingerprint density at radius 2 is 2.18 bits per heavy atom. The van der Waals surface area contributed by atoms with E-state index in [9.17, 15) is 4.79 Å². The molecule has 1 aromatic rings. The van der Waals surface area contributed by atoms with Gasteiger partial charge in [0, 0.05) is 18.4 Å². The zero-order valence-corrected chi connectivity index (χ0v) is 6.43. The van der Waals surface area contributed by atoms with Crippen molar-refractivity contribution in [2.75, 3.05) is 0 Å². The van der Waals surface area contributed by atoms with E-state index in [1.54, 1.807) is 0 Å². The molecule has 1 aliphatic rings. The molecule has 0 spiro atoms. The molecule has 1 aliphatic carbocycles. The Morgan fingerprint density at radius 1 is 1.36 bits per heavy atom. The first-order valence-corrected chi connectivity index (χ1v) is 3.65. The molecule has 0 amide bonds. The van der Waals surface area contributed by atoms with Gasteiger partial charge in [0.1, 0.15) is 17.3 Å². The van der Waals surface area contributed by atoms with Gasteiger partial charge in [0.15, 0.2) is 0 Å². The summed E-state index contributed by atoms with van der Waals surface area (Å²) in [5, 5.41) is 0.417. The number of carbonyl (C=O) groups is 1. The molecule has 0 aromatic carbocycles. The zero-order valence-electron chi connectivity index (χ0n) is 5.67. The van der Waals surface area contributed by atoms with E-state index in [0.717, 1.165) is 11.3 Å². The number of halogens is 1. The van der Waals surface area contributed by atoms with Gasteiger partial charge in [-0.05, 0) is 0 Å². The van der Waals surface area contributed by atoms with Gasteiger partial charge in [-0.1, -0.05) is 11.6 Å². The summed E-state index contributed by atoms with van der Waals surface area (Å²) in [6.45, 7) is 0. The molecule has 0 aliphatic heterocycles. The Labute approximate surface area is 68.4 Å². The van der Waals surface area contributed by atoms with E-state index >= 15 is 0 Å². The van der Waals surface area contributed by atoms with E-state index in [1.165, 1.54) is 6.33 Å². The van der Waals surface area contributed by atoms with E-state index in [1.807, 2.05) is 0 Å². The Hall–Kier alpha value is -0.960. The lowest BCUT2D eigenvalue weighted by Gasteiger charge is -1.95. The van der Waals surface area contributed by atoms with Crippen LogP contribution in [-0.2, 0) is 17.6 Å². The lowest BCUT2D eigenvalue weighted by molar-refractivity contribution is -0.117.